The van der Waals surface area contributed by atoms with Crippen LogP contribution in [0.15, 0.2) is 30.9 Å². The molecule has 2 aromatic rings. The number of anilines is 1. The smallest absolute Gasteiger partial charge is 0.222 e. The number of aliphatic hydroxyl groups excluding tert-OH is 1. The summed E-state index contributed by atoms with van der Waals surface area (Å²) in [5, 5.41) is 16.9. The second-order valence-corrected chi connectivity index (χ2v) is 7.14. The van der Waals surface area contributed by atoms with Gasteiger partial charge in [0.05, 0.1) is 6.10 Å². The third-order valence-electron chi connectivity index (χ3n) is 5.21. The Balaban J connectivity index is 1.25. The summed E-state index contributed by atoms with van der Waals surface area (Å²) in [6, 6.07) is 4.10. The second kappa shape index (κ2) is 7.41. The zero-order valence-corrected chi connectivity index (χ0v) is 14.7. The zero-order chi connectivity index (χ0) is 17.9. The lowest BCUT2D eigenvalue weighted by Gasteiger charge is -2.35. The number of β-amino-alcohol motifs (C(OH)–C–C–N with tert-alkyl or cyclic N) is 1. The van der Waals surface area contributed by atoms with Gasteiger partial charge in [0.25, 0.3) is 0 Å². The first-order valence-corrected chi connectivity index (χ1v) is 9.19. The molecule has 3 heterocycles. The molecule has 2 N–H and O–H groups in total. The molecule has 1 saturated carbocycles. The molecule has 0 bridgehead atoms. The number of amides is 1. The molecule has 8 nitrogen and oxygen atoms in total. The average molecular weight is 356 g/mol. The summed E-state index contributed by atoms with van der Waals surface area (Å²) < 4.78 is 1.76. The first-order valence-electron chi connectivity index (χ1n) is 9.19. The summed E-state index contributed by atoms with van der Waals surface area (Å²) in [4.78, 5) is 22.9. The zero-order valence-electron chi connectivity index (χ0n) is 14.7. The molecule has 138 valence electrons. The molecule has 26 heavy (non-hydrogen) atoms. The Morgan fingerprint density at radius 1 is 1.35 bits per heavy atom. The quantitative estimate of drug-likeness (QED) is 0.791. The molecule has 4 rings (SSSR count). The highest BCUT2D eigenvalue weighted by molar-refractivity contribution is 5.76. The van der Waals surface area contributed by atoms with Gasteiger partial charge in [-0.05, 0) is 25.3 Å². The van der Waals surface area contributed by atoms with Crippen molar-refractivity contribution < 1.29 is 9.90 Å². The molecule has 8 heteroatoms. The number of hydrogen-bond donors (Lipinski definition) is 2. The molecule has 1 aliphatic heterocycles. The standard InChI is InChI=1S/C18H24N6O2/c25-15-2-6-23(11-15)17-10-16(19-12-20-17)13-8-14(9-13)22-18(26)3-7-24-5-1-4-21-24/h1,4-5,10,12-15,25H,2-3,6-9,11H2,(H,22,26)/t13?,14?,15-/m0/s1. The number of aliphatic hydroxyl groups is 1. The van der Waals surface area contributed by atoms with Crippen molar-refractivity contribution in [2.24, 2.45) is 0 Å². The molecule has 0 aromatic carbocycles. The van der Waals surface area contributed by atoms with Crippen LogP contribution in [0.5, 0.6) is 0 Å². The minimum absolute atomic E-state index is 0.0679. The molecular formula is C18H24N6O2. The Kier molecular flexibility index (Phi) is 4.83. The number of carbonyl (C=O) groups excluding carboxylic acids is 1. The first-order chi connectivity index (χ1) is 12.7. The Hall–Kier alpha value is -2.48. The minimum atomic E-state index is -0.265. The van der Waals surface area contributed by atoms with Gasteiger partial charge in [-0.3, -0.25) is 9.48 Å². The SMILES string of the molecule is O=C(CCn1cccn1)NC1CC(c2cc(N3CC[C@H](O)C3)ncn2)C1. The van der Waals surface area contributed by atoms with Gasteiger partial charge in [0.1, 0.15) is 12.1 Å². The Morgan fingerprint density at radius 3 is 2.96 bits per heavy atom. The van der Waals surface area contributed by atoms with E-state index in [0.29, 0.717) is 25.4 Å². The van der Waals surface area contributed by atoms with Crippen LogP contribution in [0.3, 0.4) is 0 Å². The van der Waals surface area contributed by atoms with Crippen molar-refractivity contribution in [3.63, 3.8) is 0 Å². The molecule has 0 radical (unpaired) electrons. The maximum absolute atomic E-state index is 12.0. The summed E-state index contributed by atoms with van der Waals surface area (Å²) in [7, 11) is 0. The van der Waals surface area contributed by atoms with Gasteiger partial charge in [-0.1, -0.05) is 0 Å². The predicted molar refractivity (Wildman–Crippen MR) is 95.6 cm³/mol. The first kappa shape index (κ1) is 17.0. The summed E-state index contributed by atoms with van der Waals surface area (Å²) >= 11 is 0. The molecule has 0 unspecified atom stereocenters. The normalized spacial score (nSPS) is 25.1. The van der Waals surface area contributed by atoms with E-state index in [1.165, 1.54) is 0 Å². The van der Waals surface area contributed by atoms with E-state index < -0.39 is 0 Å². The number of nitrogens with zero attached hydrogens (tertiary/aromatic N) is 5. The molecule has 1 saturated heterocycles. The van der Waals surface area contributed by atoms with Gasteiger partial charge in [-0.25, -0.2) is 9.97 Å². The molecule has 1 aliphatic carbocycles. The van der Waals surface area contributed by atoms with Crippen LogP contribution in [0.25, 0.3) is 0 Å². The highest BCUT2D eigenvalue weighted by atomic mass is 16.3. The number of aromatic nitrogens is 4. The van der Waals surface area contributed by atoms with Crippen LogP contribution in [-0.4, -0.2) is 56.0 Å². The Bertz CT molecular complexity index is 744. The highest BCUT2D eigenvalue weighted by Gasteiger charge is 2.33. The maximum Gasteiger partial charge on any atom is 0.222 e. The van der Waals surface area contributed by atoms with Crippen molar-refractivity contribution in [1.82, 2.24) is 25.1 Å². The van der Waals surface area contributed by atoms with E-state index >= 15 is 0 Å². The lowest BCUT2D eigenvalue weighted by molar-refractivity contribution is -0.122. The van der Waals surface area contributed by atoms with Crippen LogP contribution in [0, 0.1) is 0 Å². The molecular weight excluding hydrogens is 332 g/mol. The van der Waals surface area contributed by atoms with E-state index in [1.807, 2.05) is 18.3 Å². The van der Waals surface area contributed by atoms with Crippen molar-refractivity contribution in [3.05, 3.63) is 36.5 Å². The van der Waals surface area contributed by atoms with Crippen molar-refractivity contribution in [3.8, 4) is 0 Å². The van der Waals surface area contributed by atoms with Crippen LogP contribution >= 0.6 is 0 Å². The van der Waals surface area contributed by atoms with Crippen molar-refractivity contribution in [1.29, 1.82) is 0 Å². The third kappa shape index (κ3) is 3.85. The van der Waals surface area contributed by atoms with Crippen LogP contribution in [0.4, 0.5) is 5.82 Å². The van der Waals surface area contributed by atoms with Crippen LogP contribution in [-0.2, 0) is 11.3 Å². The molecule has 0 spiro atoms. The Labute approximate surface area is 152 Å². The molecule has 2 aromatic heterocycles. The van der Waals surface area contributed by atoms with Gasteiger partial charge in [0, 0.05) is 62.2 Å². The molecule has 2 fully saturated rings. The number of aryl methyl sites for hydroxylation is 1. The summed E-state index contributed by atoms with van der Waals surface area (Å²) in [6.07, 6.45) is 7.96. The van der Waals surface area contributed by atoms with Crippen LogP contribution < -0.4 is 10.2 Å². The fourth-order valence-corrected chi connectivity index (χ4v) is 3.63. The number of hydrogen-bond acceptors (Lipinski definition) is 6. The van der Waals surface area contributed by atoms with Gasteiger partial charge >= 0.3 is 0 Å². The summed E-state index contributed by atoms with van der Waals surface area (Å²) in [5.41, 5.74) is 1.03. The van der Waals surface area contributed by atoms with Gasteiger partial charge in [0.15, 0.2) is 0 Å². The van der Waals surface area contributed by atoms with E-state index in [-0.39, 0.29) is 18.1 Å². The van der Waals surface area contributed by atoms with Gasteiger partial charge in [0.2, 0.25) is 5.91 Å². The fourth-order valence-electron chi connectivity index (χ4n) is 3.63. The van der Waals surface area contributed by atoms with Crippen molar-refractivity contribution >= 4 is 11.7 Å². The molecule has 1 amide bonds. The van der Waals surface area contributed by atoms with E-state index in [1.54, 1.807) is 17.2 Å². The van der Waals surface area contributed by atoms with E-state index in [2.05, 4.69) is 25.3 Å². The monoisotopic (exact) mass is 356 g/mol. The maximum atomic E-state index is 12.0. The third-order valence-corrected chi connectivity index (χ3v) is 5.21. The topological polar surface area (TPSA) is 96.2 Å². The summed E-state index contributed by atoms with van der Waals surface area (Å²) in [5.74, 6) is 1.32. The van der Waals surface area contributed by atoms with Crippen molar-refractivity contribution in [2.75, 3.05) is 18.0 Å². The lowest BCUT2D eigenvalue weighted by atomic mass is 9.78. The molecule has 2 aliphatic rings. The largest absolute Gasteiger partial charge is 0.391 e. The number of carbonyl (C=O) groups is 1. The van der Waals surface area contributed by atoms with Gasteiger partial charge in [-0.15, -0.1) is 0 Å². The second-order valence-electron chi connectivity index (χ2n) is 7.14. The van der Waals surface area contributed by atoms with Crippen molar-refractivity contribution in [2.45, 2.75) is 50.3 Å². The highest BCUT2D eigenvalue weighted by Crippen LogP contribution is 2.36. The van der Waals surface area contributed by atoms with Crippen LogP contribution in [0.1, 0.15) is 37.3 Å². The van der Waals surface area contributed by atoms with E-state index in [9.17, 15) is 9.90 Å². The van der Waals surface area contributed by atoms with Crippen LogP contribution in [0.2, 0.25) is 0 Å². The van der Waals surface area contributed by atoms with Gasteiger partial charge in [-0.2, -0.15) is 5.10 Å². The lowest BCUT2D eigenvalue weighted by Crippen LogP contribution is -2.43. The Morgan fingerprint density at radius 2 is 2.23 bits per heavy atom. The number of nitrogens with one attached hydrogen (secondary N) is 1. The average Bonchev–Trinajstić information content (AvgIpc) is 3.27. The number of rotatable bonds is 6. The van der Waals surface area contributed by atoms with Gasteiger partial charge < -0.3 is 15.3 Å². The molecule has 1 atom stereocenters. The van der Waals surface area contributed by atoms with E-state index in [0.717, 1.165) is 37.3 Å². The minimum Gasteiger partial charge on any atom is -0.391 e. The summed E-state index contributed by atoms with van der Waals surface area (Å²) in [6.45, 7) is 2.07. The van der Waals surface area contributed by atoms with E-state index in [4.69, 9.17) is 0 Å². The fraction of sp³-hybridized carbons (Fsp3) is 0.556. The predicted octanol–water partition coefficient (Wildman–Crippen LogP) is 0.697.